The van der Waals surface area contributed by atoms with Crippen LogP contribution in [0.25, 0.3) is 6.08 Å². The molecule has 0 aromatic carbocycles. The van der Waals surface area contributed by atoms with Crippen LogP contribution < -0.4 is 5.32 Å². The normalized spacial score (nSPS) is 25.9. The molecule has 0 fully saturated rings. The predicted octanol–water partition coefficient (Wildman–Crippen LogP) is 4.98. The molecule has 2 aliphatic rings. The number of hydrogen-bond donors (Lipinski definition) is 1. The van der Waals surface area contributed by atoms with Gasteiger partial charge in [-0.05, 0) is 49.7 Å². The van der Waals surface area contributed by atoms with Crippen molar-refractivity contribution in [3.63, 3.8) is 0 Å². The van der Waals surface area contributed by atoms with E-state index in [-0.39, 0.29) is 0 Å². The molecule has 108 valence electrons. The van der Waals surface area contributed by atoms with Crippen LogP contribution in [-0.4, -0.2) is 0 Å². The van der Waals surface area contributed by atoms with E-state index in [2.05, 4.69) is 38.2 Å². The lowest BCUT2D eigenvalue weighted by Crippen LogP contribution is -2.28. The highest BCUT2D eigenvalue weighted by Crippen LogP contribution is 2.41. The van der Waals surface area contributed by atoms with Crippen LogP contribution in [0.4, 0.5) is 0 Å². The summed E-state index contributed by atoms with van der Waals surface area (Å²) in [5.41, 5.74) is 3.27. The average molecular weight is 271 g/mol. The van der Waals surface area contributed by atoms with Crippen LogP contribution in [0.2, 0.25) is 0 Å². The molecule has 0 bridgehead atoms. The van der Waals surface area contributed by atoms with Gasteiger partial charge < -0.3 is 9.73 Å². The Kier molecular flexibility index (Phi) is 3.27. The molecule has 3 rings (SSSR count). The van der Waals surface area contributed by atoms with Crippen molar-refractivity contribution >= 4 is 6.08 Å². The minimum absolute atomic E-state index is 0.322. The van der Waals surface area contributed by atoms with Crippen molar-refractivity contribution in [2.45, 2.75) is 53.0 Å². The fourth-order valence-corrected chi connectivity index (χ4v) is 3.47. The number of furan rings is 1. The van der Waals surface area contributed by atoms with E-state index in [1.165, 1.54) is 24.8 Å². The first-order valence-corrected chi connectivity index (χ1v) is 7.67. The third kappa shape index (κ3) is 2.44. The molecule has 0 spiro atoms. The van der Waals surface area contributed by atoms with E-state index in [0.29, 0.717) is 17.4 Å². The average Bonchev–Trinajstić information content (AvgIpc) is 2.78. The number of allylic oxidation sites excluding steroid dienone is 2. The quantitative estimate of drug-likeness (QED) is 0.729. The van der Waals surface area contributed by atoms with Gasteiger partial charge in [0.2, 0.25) is 0 Å². The van der Waals surface area contributed by atoms with Gasteiger partial charge in [-0.1, -0.05) is 32.4 Å². The second-order valence-electron chi connectivity index (χ2n) is 7.17. The molecule has 0 saturated heterocycles. The smallest absolute Gasteiger partial charge is 0.133 e. The largest absolute Gasteiger partial charge is 0.462 e. The molecule has 1 aromatic heterocycles. The van der Waals surface area contributed by atoms with Crippen molar-refractivity contribution in [2.24, 2.45) is 11.3 Å². The van der Waals surface area contributed by atoms with Gasteiger partial charge in [0.15, 0.2) is 0 Å². The summed E-state index contributed by atoms with van der Waals surface area (Å²) >= 11 is 0. The molecule has 0 saturated carbocycles. The molecule has 2 nitrogen and oxygen atoms in total. The van der Waals surface area contributed by atoms with Gasteiger partial charge in [0.05, 0.1) is 6.04 Å². The summed E-state index contributed by atoms with van der Waals surface area (Å²) in [6.07, 6.45) is 10.2. The predicted molar refractivity (Wildman–Crippen MR) is 83.2 cm³/mol. The third-order valence-electron chi connectivity index (χ3n) is 4.65. The number of hydrogen-bond acceptors (Lipinski definition) is 2. The van der Waals surface area contributed by atoms with E-state index in [9.17, 15) is 0 Å². The number of fused-ring (bicyclic) bond motifs is 1. The van der Waals surface area contributed by atoms with Crippen LogP contribution in [0.5, 0.6) is 0 Å². The summed E-state index contributed by atoms with van der Waals surface area (Å²) in [5, 5.41) is 3.54. The van der Waals surface area contributed by atoms with E-state index < -0.39 is 0 Å². The summed E-state index contributed by atoms with van der Waals surface area (Å²) in [5.74, 6) is 2.72. The van der Waals surface area contributed by atoms with Gasteiger partial charge in [-0.15, -0.1) is 0 Å². The maximum atomic E-state index is 5.76. The Morgan fingerprint density at radius 3 is 2.75 bits per heavy atom. The highest BCUT2D eigenvalue weighted by atomic mass is 16.3. The Hall–Kier alpha value is -1.44. The van der Waals surface area contributed by atoms with Gasteiger partial charge >= 0.3 is 0 Å². The lowest BCUT2D eigenvalue weighted by molar-refractivity contribution is 0.331. The maximum absolute atomic E-state index is 5.76. The summed E-state index contributed by atoms with van der Waals surface area (Å²) in [4.78, 5) is 0. The second-order valence-corrected chi connectivity index (χ2v) is 7.17. The minimum atomic E-state index is 0.322. The maximum Gasteiger partial charge on any atom is 0.133 e. The number of nitrogens with one attached hydrogen (secondary N) is 1. The molecule has 2 heteroatoms. The van der Waals surface area contributed by atoms with Crippen LogP contribution in [0, 0.1) is 18.3 Å². The first kappa shape index (κ1) is 13.5. The summed E-state index contributed by atoms with van der Waals surface area (Å²) < 4.78 is 5.76. The van der Waals surface area contributed by atoms with Crippen molar-refractivity contribution in [3.05, 3.63) is 41.0 Å². The third-order valence-corrected chi connectivity index (χ3v) is 4.65. The van der Waals surface area contributed by atoms with Gasteiger partial charge in [0, 0.05) is 11.8 Å². The van der Waals surface area contributed by atoms with E-state index in [0.717, 1.165) is 11.5 Å². The lowest BCUT2D eigenvalue weighted by atomic mass is 9.74. The first-order chi connectivity index (χ1) is 9.45. The highest BCUT2D eigenvalue weighted by Gasteiger charge is 2.31. The Bertz CT molecular complexity index is 556. The minimum Gasteiger partial charge on any atom is -0.462 e. The van der Waals surface area contributed by atoms with Gasteiger partial charge in [0.25, 0.3) is 0 Å². The van der Waals surface area contributed by atoms with E-state index in [1.807, 2.05) is 19.2 Å². The molecule has 2 atom stereocenters. The van der Waals surface area contributed by atoms with Crippen LogP contribution >= 0.6 is 0 Å². The Balaban J connectivity index is 1.79. The molecule has 1 aliphatic heterocycles. The van der Waals surface area contributed by atoms with Crippen molar-refractivity contribution < 1.29 is 4.42 Å². The number of rotatable bonds is 1. The zero-order chi connectivity index (χ0) is 14.3. The molecule has 20 heavy (non-hydrogen) atoms. The van der Waals surface area contributed by atoms with E-state index in [1.54, 1.807) is 5.57 Å². The zero-order valence-corrected chi connectivity index (χ0v) is 13.0. The first-order valence-electron chi connectivity index (χ1n) is 7.67. The summed E-state index contributed by atoms with van der Waals surface area (Å²) in [6, 6.07) is 2.60. The van der Waals surface area contributed by atoms with Gasteiger partial charge in [-0.25, -0.2) is 0 Å². The Labute approximate surface area is 121 Å². The van der Waals surface area contributed by atoms with Crippen LogP contribution in [0.3, 0.4) is 0 Å². The SMILES string of the molecule is Cc1cc2c(o1)C=CNC2C1CC=C(C(C)(C)C)CC1. The van der Waals surface area contributed by atoms with Gasteiger partial charge in [-0.3, -0.25) is 0 Å². The summed E-state index contributed by atoms with van der Waals surface area (Å²) in [7, 11) is 0. The highest BCUT2D eigenvalue weighted by molar-refractivity contribution is 5.52. The molecule has 1 aromatic rings. The van der Waals surface area contributed by atoms with Crippen LogP contribution in [0.1, 0.15) is 63.2 Å². The summed E-state index contributed by atoms with van der Waals surface area (Å²) in [6.45, 7) is 8.98. The molecule has 2 heterocycles. The topological polar surface area (TPSA) is 25.2 Å². The van der Waals surface area contributed by atoms with Crippen LogP contribution in [0.15, 0.2) is 28.3 Å². The standard InChI is InChI=1S/C18H25NO/c1-12-11-15-16(20-12)9-10-19-17(15)13-5-7-14(8-6-13)18(2,3)4/h7,9-11,13,17,19H,5-6,8H2,1-4H3. The van der Waals surface area contributed by atoms with Gasteiger partial charge in [0.1, 0.15) is 11.5 Å². The van der Waals surface area contributed by atoms with E-state index in [4.69, 9.17) is 4.42 Å². The fourth-order valence-electron chi connectivity index (χ4n) is 3.47. The molecular weight excluding hydrogens is 246 g/mol. The molecule has 0 radical (unpaired) electrons. The van der Waals surface area contributed by atoms with Crippen molar-refractivity contribution in [2.75, 3.05) is 0 Å². The van der Waals surface area contributed by atoms with Crippen molar-refractivity contribution in [1.82, 2.24) is 5.32 Å². The molecule has 2 unspecified atom stereocenters. The Morgan fingerprint density at radius 2 is 2.10 bits per heavy atom. The Morgan fingerprint density at radius 1 is 1.30 bits per heavy atom. The fraction of sp³-hybridized carbons (Fsp3) is 0.556. The van der Waals surface area contributed by atoms with E-state index >= 15 is 0 Å². The molecule has 0 amide bonds. The van der Waals surface area contributed by atoms with Crippen molar-refractivity contribution in [1.29, 1.82) is 0 Å². The van der Waals surface area contributed by atoms with Crippen LogP contribution in [-0.2, 0) is 0 Å². The monoisotopic (exact) mass is 271 g/mol. The van der Waals surface area contributed by atoms with Gasteiger partial charge in [-0.2, -0.15) is 0 Å². The molecular formula is C18H25NO. The molecule has 1 N–H and O–H groups in total. The zero-order valence-electron chi connectivity index (χ0n) is 13.0. The second kappa shape index (κ2) is 4.83. The molecule has 1 aliphatic carbocycles. The van der Waals surface area contributed by atoms with Crippen molar-refractivity contribution in [3.8, 4) is 0 Å². The lowest BCUT2D eigenvalue weighted by Gasteiger charge is -2.34. The number of aryl methyl sites for hydroxylation is 1.